The largest absolute Gasteiger partial charge is 0.478 e. The number of carbonyl (C=O) groups is 1. The first-order chi connectivity index (χ1) is 8.81. The normalized spacial score (nSPS) is 12.5. The minimum Gasteiger partial charge on any atom is -0.478 e. The van der Waals surface area contributed by atoms with E-state index >= 15 is 0 Å². The van der Waals surface area contributed by atoms with Gasteiger partial charge in [-0.25, -0.2) is 17.6 Å². The zero-order valence-corrected chi connectivity index (χ0v) is 10.7. The van der Waals surface area contributed by atoms with Crippen LogP contribution in [0.15, 0.2) is 18.2 Å². The fourth-order valence-corrected chi connectivity index (χ4v) is 2.54. The third-order valence-corrected chi connectivity index (χ3v) is 4.05. The highest BCUT2D eigenvalue weighted by molar-refractivity contribution is 7.93. The molecule has 0 aliphatic carbocycles. The number of hydrogen-bond acceptors (Lipinski definition) is 4. The lowest BCUT2D eigenvalue weighted by Crippen LogP contribution is -2.26. The lowest BCUT2D eigenvalue weighted by Gasteiger charge is -2.11. The molecule has 0 bridgehead atoms. The van der Waals surface area contributed by atoms with Crippen LogP contribution in [0.1, 0.15) is 23.7 Å². The Balaban J connectivity index is 3.11. The number of benzene rings is 1. The maximum atomic E-state index is 13.1. The molecule has 19 heavy (non-hydrogen) atoms. The number of nitriles is 1. The number of nitrogens with one attached hydrogen (secondary N) is 1. The molecule has 0 saturated heterocycles. The van der Waals surface area contributed by atoms with Crippen LogP contribution in [0.2, 0.25) is 0 Å². The van der Waals surface area contributed by atoms with Crippen molar-refractivity contribution in [1.82, 2.24) is 0 Å². The predicted molar refractivity (Wildman–Crippen MR) is 65.6 cm³/mol. The van der Waals surface area contributed by atoms with E-state index in [1.54, 1.807) is 6.07 Å². The third kappa shape index (κ3) is 3.42. The Hall–Kier alpha value is -2.14. The summed E-state index contributed by atoms with van der Waals surface area (Å²) in [6.07, 6.45) is 0.0822. The Labute approximate surface area is 109 Å². The van der Waals surface area contributed by atoms with E-state index in [-0.39, 0.29) is 12.1 Å². The molecule has 0 amide bonds. The molecule has 1 atom stereocenters. The molecule has 1 unspecified atom stereocenters. The lowest BCUT2D eigenvalue weighted by atomic mass is 10.2. The average molecular weight is 286 g/mol. The summed E-state index contributed by atoms with van der Waals surface area (Å²) in [4.78, 5) is 10.7. The summed E-state index contributed by atoms with van der Waals surface area (Å²) < 4.78 is 38.7. The van der Waals surface area contributed by atoms with E-state index in [1.807, 2.05) is 0 Å². The van der Waals surface area contributed by atoms with Gasteiger partial charge in [0.25, 0.3) is 0 Å². The molecule has 0 heterocycles. The van der Waals surface area contributed by atoms with Crippen molar-refractivity contribution in [3.63, 3.8) is 0 Å². The van der Waals surface area contributed by atoms with Crippen molar-refractivity contribution >= 4 is 21.7 Å². The Morgan fingerprint density at radius 3 is 2.68 bits per heavy atom. The summed E-state index contributed by atoms with van der Waals surface area (Å²) in [5, 5.41) is 16.2. The van der Waals surface area contributed by atoms with Crippen LogP contribution in [-0.4, -0.2) is 24.7 Å². The number of sulfonamides is 1. The molecule has 102 valence electrons. The monoisotopic (exact) mass is 286 g/mol. The highest BCUT2D eigenvalue weighted by Crippen LogP contribution is 2.18. The van der Waals surface area contributed by atoms with E-state index in [1.165, 1.54) is 6.92 Å². The molecular formula is C11H11FN2O4S. The van der Waals surface area contributed by atoms with Crippen LogP contribution < -0.4 is 4.72 Å². The molecule has 1 aromatic carbocycles. The molecule has 8 heteroatoms. The lowest BCUT2D eigenvalue weighted by molar-refractivity contribution is 0.0692. The van der Waals surface area contributed by atoms with Crippen LogP contribution in [-0.2, 0) is 10.0 Å². The van der Waals surface area contributed by atoms with E-state index in [0.29, 0.717) is 0 Å². The molecule has 2 N–H and O–H groups in total. The average Bonchev–Trinajstić information content (AvgIpc) is 2.32. The zero-order valence-electron chi connectivity index (χ0n) is 9.92. The summed E-state index contributed by atoms with van der Waals surface area (Å²) in [5.41, 5.74) is -0.752. The second-order valence-electron chi connectivity index (χ2n) is 3.67. The number of nitrogens with zero attached hydrogens (tertiary/aromatic N) is 1. The summed E-state index contributed by atoms with van der Waals surface area (Å²) in [7, 11) is -3.96. The van der Waals surface area contributed by atoms with Crippen LogP contribution >= 0.6 is 0 Å². The van der Waals surface area contributed by atoms with Gasteiger partial charge in [0.05, 0.1) is 11.6 Å². The van der Waals surface area contributed by atoms with Crippen molar-refractivity contribution < 1.29 is 22.7 Å². The maximum absolute atomic E-state index is 13.1. The molecule has 1 rings (SSSR count). The van der Waals surface area contributed by atoms with Gasteiger partial charge < -0.3 is 5.11 Å². The van der Waals surface area contributed by atoms with Gasteiger partial charge in [-0.3, -0.25) is 4.72 Å². The Morgan fingerprint density at radius 2 is 2.21 bits per heavy atom. The van der Waals surface area contributed by atoms with E-state index in [2.05, 4.69) is 4.72 Å². The second-order valence-corrected chi connectivity index (χ2v) is 5.54. The minimum atomic E-state index is -3.96. The van der Waals surface area contributed by atoms with Gasteiger partial charge in [-0.2, -0.15) is 5.26 Å². The van der Waals surface area contributed by atoms with Crippen LogP contribution in [0.25, 0.3) is 0 Å². The molecule has 0 radical (unpaired) electrons. The molecular weight excluding hydrogens is 275 g/mol. The summed E-state index contributed by atoms with van der Waals surface area (Å²) >= 11 is 0. The Bertz CT molecular complexity index is 637. The summed E-state index contributed by atoms with van der Waals surface area (Å²) in [5.74, 6) is -2.48. The van der Waals surface area contributed by atoms with Crippen LogP contribution in [0.4, 0.5) is 10.1 Å². The van der Waals surface area contributed by atoms with Gasteiger partial charge in [0, 0.05) is 5.69 Å². The zero-order chi connectivity index (χ0) is 14.6. The molecule has 0 spiro atoms. The van der Waals surface area contributed by atoms with Crippen molar-refractivity contribution in [2.24, 2.45) is 0 Å². The number of hydrogen-bond donors (Lipinski definition) is 2. The quantitative estimate of drug-likeness (QED) is 0.854. The molecule has 6 nitrogen and oxygen atoms in total. The van der Waals surface area contributed by atoms with E-state index in [4.69, 9.17) is 10.4 Å². The van der Waals surface area contributed by atoms with Crippen molar-refractivity contribution in [1.29, 1.82) is 5.26 Å². The first-order valence-corrected chi connectivity index (χ1v) is 6.80. The molecule has 0 aliphatic heterocycles. The number of halogens is 1. The van der Waals surface area contributed by atoms with Gasteiger partial charge in [0.15, 0.2) is 5.25 Å². The number of anilines is 1. The van der Waals surface area contributed by atoms with Crippen molar-refractivity contribution in [3.8, 4) is 6.07 Å². The van der Waals surface area contributed by atoms with Gasteiger partial charge in [-0.05, 0) is 24.6 Å². The van der Waals surface area contributed by atoms with Crippen LogP contribution in [0, 0.1) is 17.1 Å². The number of carboxylic acid groups (broad SMARTS) is 1. The molecule has 0 saturated carbocycles. The topological polar surface area (TPSA) is 107 Å². The van der Waals surface area contributed by atoms with Gasteiger partial charge in [0.2, 0.25) is 10.0 Å². The van der Waals surface area contributed by atoms with Crippen LogP contribution in [0.5, 0.6) is 0 Å². The van der Waals surface area contributed by atoms with Gasteiger partial charge in [-0.1, -0.05) is 6.92 Å². The van der Waals surface area contributed by atoms with Gasteiger partial charge >= 0.3 is 5.97 Å². The predicted octanol–water partition coefficient (Wildman–Crippen LogP) is 1.57. The van der Waals surface area contributed by atoms with Crippen molar-refractivity contribution in [3.05, 3.63) is 29.6 Å². The van der Waals surface area contributed by atoms with Crippen LogP contribution in [0.3, 0.4) is 0 Å². The maximum Gasteiger partial charge on any atom is 0.338 e. The second kappa shape index (κ2) is 5.67. The highest BCUT2D eigenvalue weighted by atomic mass is 32.2. The molecule has 0 aliphatic rings. The third-order valence-electron chi connectivity index (χ3n) is 2.35. The van der Waals surface area contributed by atoms with Gasteiger partial charge in [-0.15, -0.1) is 0 Å². The Morgan fingerprint density at radius 1 is 1.58 bits per heavy atom. The molecule has 0 aromatic heterocycles. The fraction of sp³-hybridized carbons (Fsp3) is 0.273. The smallest absolute Gasteiger partial charge is 0.338 e. The van der Waals surface area contributed by atoms with Gasteiger partial charge in [0.1, 0.15) is 5.82 Å². The summed E-state index contributed by atoms with van der Waals surface area (Å²) in [6.45, 7) is 1.53. The number of aromatic carboxylic acids is 1. The van der Waals surface area contributed by atoms with Crippen molar-refractivity contribution in [2.45, 2.75) is 18.6 Å². The molecule has 1 aromatic rings. The SMILES string of the molecule is CCC(C#N)S(=O)(=O)Nc1ccc(F)c(C(=O)O)c1. The number of rotatable bonds is 5. The van der Waals surface area contributed by atoms with E-state index in [9.17, 15) is 17.6 Å². The standard InChI is InChI=1S/C11H11FN2O4S/c1-2-8(6-13)19(17,18)14-7-3-4-10(12)9(5-7)11(15)16/h3-5,8,14H,2H2,1H3,(H,15,16). The molecule has 0 fully saturated rings. The first kappa shape index (κ1) is 14.9. The van der Waals surface area contributed by atoms with Crippen molar-refractivity contribution in [2.75, 3.05) is 4.72 Å². The Kier molecular flexibility index (Phi) is 4.45. The fourth-order valence-electron chi connectivity index (χ4n) is 1.37. The first-order valence-electron chi connectivity index (χ1n) is 5.26. The minimum absolute atomic E-state index is 0.0822. The summed E-state index contributed by atoms with van der Waals surface area (Å²) in [6, 6.07) is 4.41. The number of carboxylic acids is 1. The highest BCUT2D eigenvalue weighted by Gasteiger charge is 2.24. The van der Waals surface area contributed by atoms with E-state index < -0.39 is 32.6 Å². The van der Waals surface area contributed by atoms with E-state index in [0.717, 1.165) is 18.2 Å².